The van der Waals surface area contributed by atoms with Crippen molar-refractivity contribution < 1.29 is 28.3 Å². The smallest absolute Gasteiger partial charge is 0.344 e. The average Bonchev–Trinajstić information content (AvgIpc) is 3.17. The number of amides is 3. The van der Waals surface area contributed by atoms with Gasteiger partial charge in [0.05, 0.1) is 12.8 Å². The summed E-state index contributed by atoms with van der Waals surface area (Å²) >= 11 is 0. The zero-order valence-corrected chi connectivity index (χ0v) is 15.2. The summed E-state index contributed by atoms with van der Waals surface area (Å²) in [7, 11) is 0. The van der Waals surface area contributed by atoms with Crippen LogP contribution in [0.4, 0.5) is 4.79 Å². The molecule has 2 rings (SSSR count). The van der Waals surface area contributed by atoms with Crippen LogP contribution in [0.2, 0.25) is 0 Å². The van der Waals surface area contributed by atoms with Crippen molar-refractivity contribution in [3.63, 3.8) is 0 Å². The largest absolute Gasteiger partial charge is 0.482 e. The van der Waals surface area contributed by atoms with E-state index in [1.807, 2.05) is 17.4 Å². The Morgan fingerprint density at radius 1 is 1.07 bits per heavy atom. The van der Waals surface area contributed by atoms with Crippen LogP contribution in [0.1, 0.15) is 31.1 Å². The molecule has 0 aliphatic heterocycles. The number of imide groups is 1. The standard InChI is InChI=1S/C19H22N2O6/c1-13(2)14-5-7-15(8-6-14)26-12-18(23)27-11-17(22)21-19(24)20-10-16-4-3-9-25-16/h3-9,13H,10-12H2,1-2H3,(H2,20,21,22,24). The molecule has 2 N–H and O–H groups in total. The molecule has 0 saturated heterocycles. The number of ether oxygens (including phenoxy) is 2. The summed E-state index contributed by atoms with van der Waals surface area (Å²) in [5, 5.41) is 4.47. The van der Waals surface area contributed by atoms with E-state index in [1.54, 1.807) is 24.3 Å². The van der Waals surface area contributed by atoms with Gasteiger partial charge in [0.1, 0.15) is 11.5 Å². The molecule has 8 heteroatoms. The molecule has 2 aromatic rings. The number of esters is 1. The van der Waals surface area contributed by atoms with Crippen molar-refractivity contribution in [1.29, 1.82) is 0 Å². The molecule has 0 spiro atoms. The van der Waals surface area contributed by atoms with Gasteiger partial charge in [-0.2, -0.15) is 0 Å². The Hall–Kier alpha value is -3.29. The predicted octanol–water partition coefficient (Wildman–Crippen LogP) is 2.35. The third kappa shape index (κ3) is 7.23. The second-order valence-corrected chi connectivity index (χ2v) is 5.98. The van der Waals surface area contributed by atoms with Crippen LogP contribution in [0.3, 0.4) is 0 Å². The van der Waals surface area contributed by atoms with E-state index in [-0.39, 0.29) is 13.2 Å². The number of rotatable bonds is 8. The Bertz CT molecular complexity index is 753. The summed E-state index contributed by atoms with van der Waals surface area (Å²) in [6.07, 6.45) is 1.47. The van der Waals surface area contributed by atoms with E-state index in [0.29, 0.717) is 17.4 Å². The highest BCUT2D eigenvalue weighted by molar-refractivity contribution is 5.95. The first-order valence-electron chi connectivity index (χ1n) is 8.42. The molecule has 0 atom stereocenters. The van der Waals surface area contributed by atoms with Crippen LogP contribution in [0.5, 0.6) is 5.75 Å². The minimum Gasteiger partial charge on any atom is -0.482 e. The van der Waals surface area contributed by atoms with Gasteiger partial charge in [-0.25, -0.2) is 9.59 Å². The summed E-state index contributed by atoms with van der Waals surface area (Å²) < 4.78 is 15.1. The third-order valence-electron chi connectivity index (χ3n) is 3.52. The maximum atomic E-state index is 11.6. The lowest BCUT2D eigenvalue weighted by Gasteiger charge is -2.09. The summed E-state index contributed by atoms with van der Waals surface area (Å²) in [6.45, 7) is 3.38. The number of benzene rings is 1. The summed E-state index contributed by atoms with van der Waals surface area (Å²) in [4.78, 5) is 34.7. The number of furan rings is 1. The van der Waals surface area contributed by atoms with Crippen molar-refractivity contribution in [2.75, 3.05) is 13.2 Å². The van der Waals surface area contributed by atoms with Crippen molar-refractivity contribution in [3.8, 4) is 5.75 Å². The second kappa shape index (κ2) is 10.0. The van der Waals surface area contributed by atoms with Crippen LogP contribution in [-0.4, -0.2) is 31.1 Å². The number of nitrogens with one attached hydrogen (secondary N) is 2. The van der Waals surface area contributed by atoms with Crippen molar-refractivity contribution in [2.45, 2.75) is 26.3 Å². The first kappa shape index (κ1) is 20.0. The SMILES string of the molecule is CC(C)c1ccc(OCC(=O)OCC(=O)NC(=O)NCc2ccco2)cc1. The maximum Gasteiger partial charge on any atom is 0.344 e. The fraction of sp³-hybridized carbons (Fsp3) is 0.316. The third-order valence-corrected chi connectivity index (χ3v) is 3.52. The van der Waals surface area contributed by atoms with Gasteiger partial charge in [0, 0.05) is 0 Å². The maximum absolute atomic E-state index is 11.6. The number of carbonyl (C=O) groups excluding carboxylic acids is 3. The molecule has 0 saturated carbocycles. The van der Waals surface area contributed by atoms with Crippen LogP contribution < -0.4 is 15.4 Å². The minimum atomic E-state index is -0.749. The summed E-state index contributed by atoms with van der Waals surface area (Å²) in [5.41, 5.74) is 1.16. The van der Waals surface area contributed by atoms with Gasteiger partial charge in [0.25, 0.3) is 5.91 Å². The molecule has 0 unspecified atom stereocenters. The number of carbonyl (C=O) groups is 3. The van der Waals surface area contributed by atoms with Crippen LogP contribution in [-0.2, 0) is 20.9 Å². The Morgan fingerprint density at radius 3 is 2.44 bits per heavy atom. The summed E-state index contributed by atoms with van der Waals surface area (Å²) in [6, 6.07) is 10.0. The lowest BCUT2D eigenvalue weighted by atomic mass is 10.0. The van der Waals surface area contributed by atoms with Gasteiger partial charge >= 0.3 is 12.0 Å². The van der Waals surface area contributed by atoms with E-state index < -0.39 is 24.5 Å². The van der Waals surface area contributed by atoms with E-state index in [9.17, 15) is 14.4 Å². The van der Waals surface area contributed by atoms with E-state index in [2.05, 4.69) is 19.2 Å². The highest BCUT2D eigenvalue weighted by Crippen LogP contribution is 2.18. The quantitative estimate of drug-likeness (QED) is 0.687. The second-order valence-electron chi connectivity index (χ2n) is 5.98. The monoisotopic (exact) mass is 374 g/mol. The minimum absolute atomic E-state index is 0.134. The van der Waals surface area contributed by atoms with Crippen LogP contribution >= 0.6 is 0 Å². The summed E-state index contributed by atoms with van der Waals surface area (Å²) in [5.74, 6) is 0.00942. The van der Waals surface area contributed by atoms with Crippen LogP contribution in [0, 0.1) is 0 Å². The molecule has 1 aromatic heterocycles. The lowest BCUT2D eigenvalue weighted by molar-refractivity contribution is -0.150. The Balaban J connectivity index is 1.62. The van der Waals surface area contributed by atoms with Gasteiger partial charge in [0.15, 0.2) is 13.2 Å². The molecular formula is C19H22N2O6. The van der Waals surface area contributed by atoms with Crippen molar-refractivity contribution in [3.05, 3.63) is 54.0 Å². The molecule has 1 aromatic carbocycles. The van der Waals surface area contributed by atoms with Crippen molar-refractivity contribution in [1.82, 2.24) is 10.6 Å². The average molecular weight is 374 g/mol. The molecule has 27 heavy (non-hydrogen) atoms. The molecule has 1 heterocycles. The van der Waals surface area contributed by atoms with Gasteiger partial charge < -0.3 is 19.2 Å². The highest BCUT2D eigenvalue weighted by Gasteiger charge is 2.12. The molecule has 0 aliphatic rings. The molecule has 144 valence electrons. The zero-order valence-electron chi connectivity index (χ0n) is 15.2. The molecule has 8 nitrogen and oxygen atoms in total. The van der Waals surface area contributed by atoms with E-state index in [1.165, 1.54) is 6.26 Å². The van der Waals surface area contributed by atoms with Gasteiger partial charge in [-0.05, 0) is 35.7 Å². The predicted molar refractivity (Wildman–Crippen MR) is 96.1 cm³/mol. The lowest BCUT2D eigenvalue weighted by Crippen LogP contribution is -2.41. The molecular weight excluding hydrogens is 352 g/mol. The molecule has 0 fully saturated rings. The highest BCUT2D eigenvalue weighted by atomic mass is 16.6. The van der Waals surface area contributed by atoms with Gasteiger partial charge in [-0.1, -0.05) is 26.0 Å². The van der Waals surface area contributed by atoms with Gasteiger partial charge in [-0.3, -0.25) is 10.1 Å². The van der Waals surface area contributed by atoms with E-state index in [4.69, 9.17) is 13.9 Å². The molecule has 0 aliphatic carbocycles. The van der Waals surface area contributed by atoms with Crippen molar-refractivity contribution >= 4 is 17.9 Å². The normalized spacial score (nSPS) is 10.3. The number of hydrogen-bond donors (Lipinski definition) is 2. The Labute approximate surface area is 156 Å². The van der Waals surface area contributed by atoms with Crippen LogP contribution in [0.25, 0.3) is 0 Å². The van der Waals surface area contributed by atoms with Gasteiger partial charge in [-0.15, -0.1) is 0 Å². The molecule has 0 bridgehead atoms. The number of hydrogen-bond acceptors (Lipinski definition) is 6. The van der Waals surface area contributed by atoms with E-state index >= 15 is 0 Å². The topological polar surface area (TPSA) is 107 Å². The van der Waals surface area contributed by atoms with E-state index in [0.717, 1.165) is 5.56 Å². The number of urea groups is 1. The molecule has 3 amide bonds. The van der Waals surface area contributed by atoms with Crippen molar-refractivity contribution in [2.24, 2.45) is 0 Å². The Morgan fingerprint density at radius 2 is 1.81 bits per heavy atom. The van der Waals surface area contributed by atoms with Crippen LogP contribution in [0.15, 0.2) is 47.1 Å². The fourth-order valence-corrected chi connectivity index (χ4v) is 2.07. The zero-order chi connectivity index (χ0) is 19.6. The molecule has 0 radical (unpaired) electrons. The first-order valence-corrected chi connectivity index (χ1v) is 8.42. The van der Waals surface area contributed by atoms with Gasteiger partial charge in [0.2, 0.25) is 0 Å². The fourth-order valence-electron chi connectivity index (χ4n) is 2.07. The Kier molecular flexibility index (Phi) is 7.42. The first-order chi connectivity index (χ1) is 12.9.